The minimum Gasteiger partial charge on any atom is -0.478 e. The number of carboxylic acid groups (broad SMARTS) is 1. The van der Waals surface area contributed by atoms with E-state index in [-0.39, 0.29) is 34.2 Å². The van der Waals surface area contributed by atoms with Crippen molar-refractivity contribution in [3.63, 3.8) is 0 Å². The summed E-state index contributed by atoms with van der Waals surface area (Å²) in [6.07, 6.45) is -4.43. The molecule has 0 unspecified atom stereocenters. The second-order valence-electron chi connectivity index (χ2n) is 2.83. The smallest absolute Gasteiger partial charge is 0.416 e. The third-order valence-corrected chi connectivity index (χ3v) is 1.78. The summed E-state index contributed by atoms with van der Waals surface area (Å²) in [5.74, 6) is -1.23. The van der Waals surface area contributed by atoms with Crippen LogP contribution in [0.25, 0.3) is 0 Å². The van der Waals surface area contributed by atoms with Crippen LogP contribution in [-0.2, 0) is 6.18 Å². The van der Waals surface area contributed by atoms with E-state index < -0.39 is 17.7 Å². The zero-order chi connectivity index (χ0) is 10.9. The summed E-state index contributed by atoms with van der Waals surface area (Å²) < 4.78 is 36.5. The first-order chi connectivity index (χ1) is 6.32. The van der Waals surface area contributed by atoms with Crippen molar-refractivity contribution in [3.8, 4) is 0 Å². The van der Waals surface area contributed by atoms with Crippen LogP contribution in [0.5, 0.6) is 0 Å². The summed E-state index contributed by atoms with van der Waals surface area (Å²) in [6.45, 7) is 1.33. The number of hydrogen-bond acceptors (Lipinski definition) is 1. The second-order valence-corrected chi connectivity index (χ2v) is 2.83. The van der Waals surface area contributed by atoms with Crippen molar-refractivity contribution >= 4 is 29.0 Å². The van der Waals surface area contributed by atoms with Gasteiger partial charge in [0.15, 0.2) is 0 Å². The molecule has 78 valence electrons. The van der Waals surface area contributed by atoms with Gasteiger partial charge in [0.2, 0.25) is 0 Å². The maximum absolute atomic E-state index is 12.2. The van der Waals surface area contributed by atoms with Gasteiger partial charge in [-0.05, 0) is 30.7 Å². The number of carboxylic acids is 1. The number of rotatable bonds is 1. The van der Waals surface area contributed by atoms with Gasteiger partial charge in [-0.2, -0.15) is 13.2 Å². The lowest BCUT2D eigenvalue weighted by Gasteiger charge is -2.08. The lowest BCUT2D eigenvalue weighted by atomic mass is 10.1. The number of alkyl halides is 3. The molecule has 0 aromatic heterocycles. The lowest BCUT2D eigenvalue weighted by Crippen LogP contribution is -2.07. The molecule has 0 heterocycles. The molecule has 1 rings (SSSR count). The van der Waals surface area contributed by atoms with Gasteiger partial charge in [-0.15, -0.1) is 0 Å². The maximum Gasteiger partial charge on any atom is 0.416 e. The fourth-order valence-electron chi connectivity index (χ4n) is 1.08. The largest absolute Gasteiger partial charge is 0.478 e. The number of benzene rings is 1. The molecule has 6 heteroatoms. The van der Waals surface area contributed by atoms with Gasteiger partial charge in [0.1, 0.15) is 0 Å². The molecule has 1 aromatic carbocycles. The molecule has 1 aromatic rings. The molecule has 0 aliphatic rings. The highest BCUT2D eigenvalue weighted by Gasteiger charge is 2.30. The Morgan fingerprint density at radius 1 is 1.33 bits per heavy atom. The van der Waals surface area contributed by atoms with Crippen molar-refractivity contribution in [1.82, 2.24) is 0 Å². The Labute approximate surface area is 100 Å². The first-order valence-electron chi connectivity index (χ1n) is 3.73. The molecular formula is C9H7F3MgO2. The first kappa shape index (κ1) is 14.2. The van der Waals surface area contributed by atoms with E-state index in [4.69, 9.17) is 5.11 Å². The maximum atomic E-state index is 12.2. The van der Waals surface area contributed by atoms with E-state index in [9.17, 15) is 18.0 Å². The molecule has 1 N–H and O–H groups in total. The van der Waals surface area contributed by atoms with Crippen molar-refractivity contribution in [3.05, 3.63) is 34.9 Å². The standard InChI is InChI=1S/C9H7F3O2.Mg/c1-5-4-6(9(10,11)12)2-3-7(5)8(13)14;/h2-4H,1H3,(H,13,14);. The Morgan fingerprint density at radius 2 is 1.87 bits per heavy atom. The summed E-state index contributed by atoms with van der Waals surface area (Å²) in [6, 6.07) is 2.54. The van der Waals surface area contributed by atoms with Crippen LogP contribution in [0.1, 0.15) is 21.5 Å². The van der Waals surface area contributed by atoms with Gasteiger partial charge in [-0.1, -0.05) is 0 Å². The number of halogens is 3. The van der Waals surface area contributed by atoms with Crippen LogP contribution in [0.15, 0.2) is 18.2 Å². The van der Waals surface area contributed by atoms with Gasteiger partial charge < -0.3 is 5.11 Å². The zero-order valence-corrected chi connectivity index (χ0v) is 9.34. The van der Waals surface area contributed by atoms with Crippen molar-refractivity contribution in [2.24, 2.45) is 0 Å². The zero-order valence-electron chi connectivity index (χ0n) is 7.93. The van der Waals surface area contributed by atoms with Gasteiger partial charge in [0, 0.05) is 23.1 Å². The molecule has 0 saturated carbocycles. The van der Waals surface area contributed by atoms with E-state index in [0.717, 1.165) is 18.2 Å². The third kappa shape index (κ3) is 3.39. The molecule has 0 spiro atoms. The Morgan fingerprint density at radius 3 is 2.20 bits per heavy atom. The van der Waals surface area contributed by atoms with E-state index in [1.807, 2.05) is 0 Å². The first-order valence-corrected chi connectivity index (χ1v) is 3.73. The molecule has 0 bridgehead atoms. The Balaban J connectivity index is 0.00000196. The van der Waals surface area contributed by atoms with Crippen LogP contribution >= 0.6 is 0 Å². The van der Waals surface area contributed by atoms with Crippen LogP contribution in [0.3, 0.4) is 0 Å². The number of carbonyl (C=O) groups is 1. The lowest BCUT2D eigenvalue weighted by molar-refractivity contribution is -0.137. The number of hydrogen-bond donors (Lipinski definition) is 1. The topological polar surface area (TPSA) is 37.3 Å². The van der Waals surface area contributed by atoms with E-state index in [1.165, 1.54) is 6.92 Å². The fourth-order valence-corrected chi connectivity index (χ4v) is 1.08. The Kier molecular flexibility index (Phi) is 4.60. The van der Waals surface area contributed by atoms with Gasteiger partial charge in [-0.25, -0.2) is 4.79 Å². The van der Waals surface area contributed by atoms with Crippen LogP contribution < -0.4 is 0 Å². The summed E-state index contributed by atoms with van der Waals surface area (Å²) >= 11 is 0. The van der Waals surface area contributed by atoms with Gasteiger partial charge >= 0.3 is 12.1 Å². The molecule has 2 nitrogen and oxygen atoms in total. The molecule has 15 heavy (non-hydrogen) atoms. The minimum absolute atomic E-state index is 0. The summed E-state index contributed by atoms with van der Waals surface area (Å²) in [5, 5.41) is 8.58. The molecule has 0 amide bonds. The SMILES string of the molecule is Cc1cc(C(F)(F)F)ccc1C(=O)O.[Mg]. The van der Waals surface area contributed by atoms with Gasteiger partial charge in [-0.3, -0.25) is 0 Å². The van der Waals surface area contributed by atoms with Crippen LogP contribution in [0, 0.1) is 6.92 Å². The van der Waals surface area contributed by atoms with Crippen LogP contribution in [0.4, 0.5) is 13.2 Å². The average molecular weight is 228 g/mol. The van der Waals surface area contributed by atoms with E-state index in [2.05, 4.69) is 0 Å². The molecule has 0 atom stereocenters. The predicted molar refractivity (Wildman–Crippen MR) is 48.9 cm³/mol. The van der Waals surface area contributed by atoms with Crippen molar-refractivity contribution in [2.75, 3.05) is 0 Å². The summed E-state index contributed by atoms with van der Waals surface area (Å²) in [7, 11) is 0. The summed E-state index contributed by atoms with van der Waals surface area (Å²) in [4.78, 5) is 10.5. The van der Waals surface area contributed by atoms with Gasteiger partial charge in [0.25, 0.3) is 0 Å². The quantitative estimate of drug-likeness (QED) is 0.749. The van der Waals surface area contributed by atoms with Crippen LogP contribution in [-0.4, -0.2) is 34.1 Å². The Bertz CT molecular complexity index is 374. The Hall–Kier alpha value is -0.754. The molecule has 0 aliphatic carbocycles. The number of aryl methyl sites for hydroxylation is 1. The molecule has 0 saturated heterocycles. The van der Waals surface area contributed by atoms with Gasteiger partial charge in [0.05, 0.1) is 11.1 Å². The molecule has 0 fully saturated rings. The highest BCUT2D eigenvalue weighted by atomic mass is 24.3. The highest BCUT2D eigenvalue weighted by molar-refractivity contribution is 5.89. The second kappa shape index (κ2) is 4.85. The molecule has 0 aliphatic heterocycles. The summed E-state index contributed by atoms with van der Waals surface area (Å²) in [5.41, 5.74) is -0.842. The molecule has 2 radical (unpaired) electrons. The molecular weight excluding hydrogens is 221 g/mol. The van der Waals surface area contributed by atoms with Crippen LogP contribution in [0.2, 0.25) is 0 Å². The highest BCUT2D eigenvalue weighted by Crippen LogP contribution is 2.30. The fraction of sp³-hybridized carbons (Fsp3) is 0.222. The third-order valence-electron chi connectivity index (χ3n) is 1.78. The van der Waals surface area contributed by atoms with E-state index in [1.54, 1.807) is 0 Å². The van der Waals surface area contributed by atoms with Crippen molar-refractivity contribution < 1.29 is 23.1 Å². The predicted octanol–water partition coefficient (Wildman–Crippen LogP) is 2.33. The van der Waals surface area contributed by atoms with E-state index in [0.29, 0.717) is 0 Å². The minimum atomic E-state index is -4.43. The normalized spacial score (nSPS) is 10.7. The van der Waals surface area contributed by atoms with Crippen molar-refractivity contribution in [1.29, 1.82) is 0 Å². The average Bonchev–Trinajstić information content (AvgIpc) is 2.01. The van der Waals surface area contributed by atoms with E-state index >= 15 is 0 Å². The number of aromatic carboxylic acids is 1. The van der Waals surface area contributed by atoms with Crippen molar-refractivity contribution in [2.45, 2.75) is 13.1 Å². The monoisotopic (exact) mass is 228 g/mol.